The van der Waals surface area contributed by atoms with Crippen LogP contribution in [-0.2, 0) is 0 Å². The van der Waals surface area contributed by atoms with E-state index >= 15 is 0 Å². The monoisotopic (exact) mass is 336 g/mol. The molecule has 2 aromatic heterocycles. The lowest BCUT2D eigenvalue weighted by Crippen LogP contribution is -2.38. The Morgan fingerprint density at radius 3 is 3.04 bits per heavy atom. The van der Waals surface area contributed by atoms with E-state index in [1.54, 1.807) is 15.8 Å². The largest absolute Gasteiger partial charge is 0.336 e. The van der Waals surface area contributed by atoms with Crippen LogP contribution in [0, 0.1) is 6.92 Å². The Hall–Kier alpha value is -2.80. The van der Waals surface area contributed by atoms with Crippen LogP contribution in [0.4, 0.5) is 0 Å². The van der Waals surface area contributed by atoms with Gasteiger partial charge in [0.05, 0.1) is 16.9 Å². The normalized spacial score (nSPS) is 17.1. The van der Waals surface area contributed by atoms with Crippen LogP contribution in [0.15, 0.2) is 36.5 Å². The van der Waals surface area contributed by atoms with Gasteiger partial charge in [-0.05, 0) is 44.2 Å². The lowest BCUT2D eigenvalue weighted by molar-refractivity contribution is 0.0737. The Labute approximate surface area is 145 Å². The molecule has 0 unspecified atom stereocenters. The number of rotatable bonds is 3. The Kier molecular flexibility index (Phi) is 3.93. The number of pyridine rings is 1. The van der Waals surface area contributed by atoms with E-state index in [4.69, 9.17) is 0 Å². The Balaban J connectivity index is 1.66. The lowest BCUT2D eigenvalue weighted by Gasteiger charge is -2.22. The van der Waals surface area contributed by atoms with Crippen molar-refractivity contribution >= 4 is 16.8 Å². The van der Waals surface area contributed by atoms with E-state index in [1.807, 2.05) is 44.3 Å². The highest BCUT2D eigenvalue weighted by Crippen LogP contribution is 2.19. The molecular weight excluding hydrogens is 316 g/mol. The molecule has 4 rings (SSSR count). The molecule has 1 aromatic carbocycles. The van der Waals surface area contributed by atoms with Crippen molar-refractivity contribution in [3.8, 4) is 5.69 Å². The minimum absolute atomic E-state index is 0.0834. The predicted octanol–water partition coefficient (Wildman–Crippen LogP) is 1.56. The number of aromatic nitrogens is 4. The summed E-state index contributed by atoms with van der Waals surface area (Å²) in [6.07, 6.45) is 2.74. The maximum absolute atomic E-state index is 12.8. The summed E-state index contributed by atoms with van der Waals surface area (Å²) in [5.41, 5.74) is 2.94. The Morgan fingerprint density at radius 2 is 2.24 bits per heavy atom. The van der Waals surface area contributed by atoms with Gasteiger partial charge in [-0.1, -0.05) is 11.3 Å². The molecule has 1 atom stereocenters. The molecule has 3 aromatic rings. The highest BCUT2D eigenvalue weighted by Gasteiger charge is 2.27. The number of amides is 1. The molecule has 0 bridgehead atoms. The molecule has 1 fully saturated rings. The maximum Gasteiger partial charge on any atom is 0.276 e. The molecule has 0 aliphatic carbocycles. The number of benzene rings is 1. The summed E-state index contributed by atoms with van der Waals surface area (Å²) >= 11 is 0. The second-order valence-electron chi connectivity index (χ2n) is 6.38. The molecule has 7 nitrogen and oxygen atoms in total. The van der Waals surface area contributed by atoms with Gasteiger partial charge in [0, 0.05) is 31.2 Å². The van der Waals surface area contributed by atoms with Gasteiger partial charge in [0.25, 0.3) is 5.91 Å². The van der Waals surface area contributed by atoms with Crippen LogP contribution in [0.5, 0.6) is 0 Å². The molecule has 7 heteroatoms. The van der Waals surface area contributed by atoms with E-state index in [0.29, 0.717) is 5.69 Å². The third kappa shape index (κ3) is 2.76. The van der Waals surface area contributed by atoms with Gasteiger partial charge in [-0.15, -0.1) is 5.10 Å². The van der Waals surface area contributed by atoms with Crippen molar-refractivity contribution in [2.75, 3.05) is 20.1 Å². The standard InChI is InChI=1S/C18H20N6O/c1-12-17(18(25)23(2)15-7-9-19-11-15)21-22-24(12)14-5-6-16-13(10-14)4-3-8-20-16/h3-6,8,10,15,19H,7,9,11H2,1-2H3/t15-/m1/s1. The average Bonchev–Trinajstić information content (AvgIpc) is 3.30. The van der Waals surface area contributed by atoms with Crippen molar-refractivity contribution < 1.29 is 4.79 Å². The highest BCUT2D eigenvalue weighted by molar-refractivity contribution is 5.93. The first-order chi connectivity index (χ1) is 12.1. The second kappa shape index (κ2) is 6.25. The minimum Gasteiger partial charge on any atom is -0.336 e. The van der Waals surface area contributed by atoms with Gasteiger partial charge in [0.15, 0.2) is 5.69 Å². The molecule has 0 spiro atoms. The van der Waals surface area contributed by atoms with Gasteiger partial charge in [-0.25, -0.2) is 4.68 Å². The third-order valence-electron chi connectivity index (χ3n) is 4.83. The first-order valence-electron chi connectivity index (χ1n) is 8.40. The summed E-state index contributed by atoms with van der Waals surface area (Å²) in [6.45, 7) is 3.65. The summed E-state index contributed by atoms with van der Waals surface area (Å²) in [7, 11) is 1.83. The third-order valence-corrected chi connectivity index (χ3v) is 4.83. The maximum atomic E-state index is 12.8. The van der Waals surface area contributed by atoms with Crippen molar-refractivity contribution in [1.82, 2.24) is 30.2 Å². The van der Waals surface area contributed by atoms with Gasteiger partial charge < -0.3 is 10.2 Å². The van der Waals surface area contributed by atoms with E-state index in [9.17, 15) is 4.79 Å². The van der Waals surface area contributed by atoms with E-state index in [2.05, 4.69) is 20.6 Å². The second-order valence-corrected chi connectivity index (χ2v) is 6.38. The number of nitrogens with zero attached hydrogens (tertiary/aromatic N) is 5. The van der Waals surface area contributed by atoms with Crippen molar-refractivity contribution in [3.05, 3.63) is 47.9 Å². The molecular formula is C18H20N6O. The van der Waals surface area contributed by atoms with Crippen LogP contribution >= 0.6 is 0 Å². The number of carbonyl (C=O) groups excluding carboxylic acids is 1. The number of carbonyl (C=O) groups is 1. The first kappa shape index (κ1) is 15.7. The smallest absolute Gasteiger partial charge is 0.276 e. The number of fused-ring (bicyclic) bond motifs is 1. The fourth-order valence-electron chi connectivity index (χ4n) is 3.27. The number of likely N-dealkylation sites (N-methyl/N-ethyl adjacent to an activating group) is 1. The van der Waals surface area contributed by atoms with Gasteiger partial charge in [0.2, 0.25) is 0 Å². The van der Waals surface area contributed by atoms with E-state index in [-0.39, 0.29) is 11.9 Å². The molecule has 128 valence electrons. The molecule has 1 aliphatic rings. The van der Waals surface area contributed by atoms with Crippen molar-refractivity contribution in [2.24, 2.45) is 0 Å². The fraction of sp³-hybridized carbons (Fsp3) is 0.333. The molecule has 0 saturated carbocycles. The Morgan fingerprint density at radius 1 is 1.36 bits per heavy atom. The zero-order valence-electron chi connectivity index (χ0n) is 14.3. The van der Waals surface area contributed by atoms with Crippen molar-refractivity contribution in [1.29, 1.82) is 0 Å². The summed E-state index contributed by atoms with van der Waals surface area (Å²) < 4.78 is 1.71. The summed E-state index contributed by atoms with van der Waals surface area (Å²) in [5, 5.41) is 12.7. The zero-order chi connectivity index (χ0) is 17.4. The predicted molar refractivity (Wildman–Crippen MR) is 94.8 cm³/mol. The van der Waals surface area contributed by atoms with Gasteiger partial charge in [-0.3, -0.25) is 9.78 Å². The SMILES string of the molecule is Cc1c(C(=O)N(C)[C@@H]2CCNC2)nnn1-c1ccc2ncccc2c1. The van der Waals surface area contributed by atoms with E-state index in [0.717, 1.165) is 41.8 Å². The lowest BCUT2D eigenvalue weighted by atomic mass is 10.2. The van der Waals surface area contributed by atoms with E-state index < -0.39 is 0 Å². The summed E-state index contributed by atoms with van der Waals surface area (Å²) in [6, 6.07) is 10.0. The number of nitrogens with one attached hydrogen (secondary N) is 1. The average molecular weight is 336 g/mol. The van der Waals surface area contributed by atoms with Crippen LogP contribution in [0.25, 0.3) is 16.6 Å². The van der Waals surface area contributed by atoms with Crippen LogP contribution in [0.2, 0.25) is 0 Å². The van der Waals surface area contributed by atoms with Crippen LogP contribution in [0.3, 0.4) is 0 Å². The zero-order valence-corrected chi connectivity index (χ0v) is 14.3. The fourth-order valence-corrected chi connectivity index (χ4v) is 3.27. The topological polar surface area (TPSA) is 75.9 Å². The van der Waals surface area contributed by atoms with Crippen molar-refractivity contribution in [2.45, 2.75) is 19.4 Å². The molecule has 1 aliphatic heterocycles. The van der Waals surface area contributed by atoms with Crippen LogP contribution < -0.4 is 5.32 Å². The van der Waals surface area contributed by atoms with Gasteiger partial charge >= 0.3 is 0 Å². The van der Waals surface area contributed by atoms with E-state index in [1.165, 1.54) is 0 Å². The van der Waals surface area contributed by atoms with Crippen LogP contribution in [-0.4, -0.2) is 57.0 Å². The molecule has 1 saturated heterocycles. The molecule has 25 heavy (non-hydrogen) atoms. The summed E-state index contributed by atoms with van der Waals surface area (Å²) in [4.78, 5) is 18.9. The molecule has 1 N–H and O–H groups in total. The number of hydrogen-bond donors (Lipinski definition) is 1. The first-order valence-corrected chi connectivity index (χ1v) is 8.40. The molecule has 3 heterocycles. The summed E-state index contributed by atoms with van der Waals surface area (Å²) in [5.74, 6) is -0.0834. The highest BCUT2D eigenvalue weighted by atomic mass is 16.2. The van der Waals surface area contributed by atoms with Gasteiger partial charge in [0.1, 0.15) is 0 Å². The quantitative estimate of drug-likeness (QED) is 0.785. The Bertz CT molecular complexity index is 928. The molecule has 0 radical (unpaired) electrons. The minimum atomic E-state index is -0.0834. The van der Waals surface area contributed by atoms with Crippen LogP contribution in [0.1, 0.15) is 22.6 Å². The van der Waals surface area contributed by atoms with Crippen molar-refractivity contribution in [3.63, 3.8) is 0 Å². The number of hydrogen-bond acceptors (Lipinski definition) is 5. The molecule has 1 amide bonds. The van der Waals surface area contributed by atoms with Gasteiger partial charge in [-0.2, -0.15) is 0 Å².